The normalized spacial score (nSPS) is 10.6. The number of carbonyl (C=O) groups is 1. The molecule has 0 saturated heterocycles. The van der Waals surface area contributed by atoms with Crippen LogP contribution in [0.15, 0.2) is 30.3 Å². The first kappa shape index (κ1) is 14.1. The maximum atomic E-state index is 12.1. The van der Waals surface area contributed by atoms with Gasteiger partial charge in [-0.2, -0.15) is 5.10 Å². The van der Waals surface area contributed by atoms with Gasteiger partial charge in [0.05, 0.1) is 12.8 Å². The van der Waals surface area contributed by atoms with E-state index in [2.05, 4.69) is 15.5 Å². The van der Waals surface area contributed by atoms with Crippen LogP contribution in [-0.4, -0.2) is 42.2 Å². The fraction of sp³-hybridized carbons (Fsp3) is 0.286. The summed E-state index contributed by atoms with van der Waals surface area (Å²) < 4.78 is 5.10. The summed E-state index contributed by atoms with van der Waals surface area (Å²) >= 11 is 0. The molecule has 6 heteroatoms. The van der Waals surface area contributed by atoms with Crippen molar-refractivity contribution in [2.24, 2.45) is 0 Å². The lowest BCUT2D eigenvalue weighted by molar-refractivity contribution is 0.102. The lowest BCUT2D eigenvalue weighted by atomic mass is 10.2. The monoisotopic (exact) mass is 274 g/mol. The number of nitrogens with one attached hydrogen (secondary N) is 2. The van der Waals surface area contributed by atoms with Gasteiger partial charge in [-0.1, -0.05) is 6.07 Å². The SMILES string of the molecule is COc1cccc(C(=O)Nc2cc(CN(C)C)[nH]n2)c1. The average molecular weight is 274 g/mol. The number of anilines is 1. The average Bonchev–Trinajstić information content (AvgIpc) is 2.85. The molecule has 0 saturated carbocycles. The first-order chi connectivity index (χ1) is 9.58. The summed E-state index contributed by atoms with van der Waals surface area (Å²) in [4.78, 5) is 14.1. The minimum Gasteiger partial charge on any atom is -0.497 e. The van der Waals surface area contributed by atoms with Crippen molar-refractivity contribution in [1.82, 2.24) is 15.1 Å². The Hall–Kier alpha value is -2.34. The summed E-state index contributed by atoms with van der Waals surface area (Å²) in [6.07, 6.45) is 0. The number of aromatic nitrogens is 2. The molecule has 0 aliphatic carbocycles. The predicted octanol–water partition coefficient (Wildman–Crippen LogP) is 1.73. The topological polar surface area (TPSA) is 70.2 Å². The zero-order chi connectivity index (χ0) is 14.5. The summed E-state index contributed by atoms with van der Waals surface area (Å²) in [7, 11) is 5.50. The molecule has 20 heavy (non-hydrogen) atoms. The molecule has 1 aromatic carbocycles. The summed E-state index contributed by atoms with van der Waals surface area (Å²) in [5, 5.41) is 9.70. The fourth-order valence-corrected chi connectivity index (χ4v) is 1.80. The van der Waals surface area contributed by atoms with Gasteiger partial charge in [-0.05, 0) is 32.3 Å². The molecule has 0 aliphatic heterocycles. The van der Waals surface area contributed by atoms with Crippen LogP contribution in [0.3, 0.4) is 0 Å². The van der Waals surface area contributed by atoms with E-state index in [1.807, 2.05) is 25.1 Å². The van der Waals surface area contributed by atoms with E-state index in [1.54, 1.807) is 31.4 Å². The van der Waals surface area contributed by atoms with Crippen LogP contribution in [0.4, 0.5) is 5.82 Å². The Kier molecular flexibility index (Phi) is 4.37. The van der Waals surface area contributed by atoms with E-state index >= 15 is 0 Å². The van der Waals surface area contributed by atoms with Gasteiger partial charge in [0.25, 0.3) is 5.91 Å². The van der Waals surface area contributed by atoms with Crippen LogP contribution >= 0.6 is 0 Å². The lowest BCUT2D eigenvalue weighted by Crippen LogP contribution is -2.12. The van der Waals surface area contributed by atoms with E-state index in [0.29, 0.717) is 17.1 Å². The zero-order valence-corrected chi connectivity index (χ0v) is 11.8. The highest BCUT2D eigenvalue weighted by atomic mass is 16.5. The standard InChI is InChI=1S/C14H18N4O2/c1-18(2)9-11-8-13(17-16-11)15-14(19)10-5-4-6-12(7-10)20-3/h4-8H,9H2,1-3H3,(H2,15,16,17,19). The molecule has 6 nitrogen and oxygen atoms in total. The van der Waals surface area contributed by atoms with Gasteiger partial charge in [0, 0.05) is 18.2 Å². The number of methoxy groups -OCH3 is 1. The molecular weight excluding hydrogens is 256 g/mol. The molecule has 0 aliphatic rings. The van der Waals surface area contributed by atoms with Crippen molar-refractivity contribution in [2.75, 3.05) is 26.5 Å². The first-order valence-electron chi connectivity index (χ1n) is 6.23. The Morgan fingerprint density at radius 2 is 2.20 bits per heavy atom. The van der Waals surface area contributed by atoms with Crippen molar-refractivity contribution >= 4 is 11.7 Å². The Balaban J connectivity index is 2.05. The second kappa shape index (κ2) is 6.21. The smallest absolute Gasteiger partial charge is 0.256 e. The molecule has 2 rings (SSSR count). The summed E-state index contributed by atoms with van der Waals surface area (Å²) in [5.74, 6) is 0.939. The summed E-state index contributed by atoms with van der Waals surface area (Å²) in [5.41, 5.74) is 1.47. The minimum absolute atomic E-state index is 0.216. The van der Waals surface area contributed by atoms with Crippen LogP contribution in [0, 0.1) is 0 Å². The van der Waals surface area contributed by atoms with Gasteiger partial charge in [-0.25, -0.2) is 0 Å². The van der Waals surface area contributed by atoms with Crippen molar-refractivity contribution in [3.8, 4) is 5.75 Å². The summed E-state index contributed by atoms with van der Waals surface area (Å²) in [6.45, 7) is 0.738. The van der Waals surface area contributed by atoms with E-state index in [0.717, 1.165) is 12.2 Å². The van der Waals surface area contributed by atoms with E-state index in [-0.39, 0.29) is 5.91 Å². The van der Waals surface area contributed by atoms with Crippen molar-refractivity contribution in [3.05, 3.63) is 41.6 Å². The van der Waals surface area contributed by atoms with Gasteiger partial charge in [-0.3, -0.25) is 9.89 Å². The number of ether oxygens (including phenoxy) is 1. The third-order valence-corrected chi connectivity index (χ3v) is 2.69. The van der Waals surface area contributed by atoms with Crippen LogP contribution < -0.4 is 10.1 Å². The number of benzene rings is 1. The molecule has 2 N–H and O–H groups in total. The molecule has 2 aromatic rings. The molecule has 0 radical (unpaired) electrons. The number of H-pyrrole nitrogens is 1. The molecule has 106 valence electrons. The lowest BCUT2D eigenvalue weighted by Gasteiger charge is -2.05. The highest BCUT2D eigenvalue weighted by molar-refractivity contribution is 6.04. The Morgan fingerprint density at radius 3 is 2.90 bits per heavy atom. The number of amides is 1. The third kappa shape index (κ3) is 3.58. The van der Waals surface area contributed by atoms with Crippen LogP contribution in [0.5, 0.6) is 5.75 Å². The maximum absolute atomic E-state index is 12.1. The van der Waals surface area contributed by atoms with Crippen LogP contribution in [-0.2, 0) is 6.54 Å². The fourth-order valence-electron chi connectivity index (χ4n) is 1.80. The first-order valence-corrected chi connectivity index (χ1v) is 6.23. The van der Waals surface area contributed by atoms with Crippen molar-refractivity contribution in [2.45, 2.75) is 6.54 Å². The molecule has 0 unspecified atom stereocenters. The molecule has 0 bridgehead atoms. The van der Waals surface area contributed by atoms with Crippen LogP contribution in [0.2, 0.25) is 0 Å². The van der Waals surface area contributed by atoms with Crippen molar-refractivity contribution in [1.29, 1.82) is 0 Å². The van der Waals surface area contributed by atoms with Gasteiger partial charge in [0.2, 0.25) is 0 Å². The highest BCUT2D eigenvalue weighted by Crippen LogP contribution is 2.14. The zero-order valence-electron chi connectivity index (χ0n) is 11.8. The molecule has 0 spiro atoms. The third-order valence-electron chi connectivity index (χ3n) is 2.69. The molecule has 0 fully saturated rings. The second-order valence-corrected chi connectivity index (χ2v) is 4.70. The number of aromatic amines is 1. The molecule has 1 amide bonds. The van der Waals surface area contributed by atoms with Gasteiger partial charge in [0.1, 0.15) is 5.75 Å². The maximum Gasteiger partial charge on any atom is 0.256 e. The second-order valence-electron chi connectivity index (χ2n) is 4.70. The number of carbonyl (C=O) groups excluding carboxylic acids is 1. The van der Waals surface area contributed by atoms with Gasteiger partial charge in [-0.15, -0.1) is 0 Å². The van der Waals surface area contributed by atoms with E-state index in [4.69, 9.17) is 4.74 Å². The van der Waals surface area contributed by atoms with Gasteiger partial charge < -0.3 is 15.0 Å². The number of nitrogens with zero attached hydrogens (tertiary/aromatic N) is 2. The predicted molar refractivity (Wildman–Crippen MR) is 76.9 cm³/mol. The van der Waals surface area contributed by atoms with E-state index < -0.39 is 0 Å². The van der Waals surface area contributed by atoms with E-state index in [9.17, 15) is 4.79 Å². The Morgan fingerprint density at radius 1 is 1.40 bits per heavy atom. The molecule has 1 aromatic heterocycles. The Labute approximate surface area is 117 Å². The highest BCUT2D eigenvalue weighted by Gasteiger charge is 2.09. The van der Waals surface area contributed by atoms with Crippen LogP contribution in [0.1, 0.15) is 16.1 Å². The quantitative estimate of drug-likeness (QED) is 0.871. The summed E-state index contributed by atoms with van der Waals surface area (Å²) in [6, 6.07) is 8.79. The van der Waals surface area contributed by atoms with Crippen molar-refractivity contribution in [3.63, 3.8) is 0 Å². The molecule has 1 heterocycles. The number of hydrogen-bond donors (Lipinski definition) is 2. The Bertz CT molecular complexity index is 592. The van der Waals surface area contributed by atoms with Crippen molar-refractivity contribution < 1.29 is 9.53 Å². The number of hydrogen-bond acceptors (Lipinski definition) is 4. The van der Waals surface area contributed by atoms with Gasteiger partial charge >= 0.3 is 0 Å². The van der Waals surface area contributed by atoms with Gasteiger partial charge in [0.15, 0.2) is 5.82 Å². The number of rotatable bonds is 5. The molecular formula is C14H18N4O2. The van der Waals surface area contributed by atoms with Crippen LogP contribution in [0.25, 0.3) is 0 Å². The largest absolute Gasteiger partial charge is 0.497 e. The molecule has 0 atom stereocenters. The van der Waals surface area contributed by atoms with E-state index in [1.165, 1.54) is 0 Å². The minimum atomic E-state index is -0.216.